The zero-order valence-electron chi connectivity index (χ0n) is 24.5. The van der Waals surface area contributed by atoms with Gasteiger partial charge in [-0.3, -0.25) is 24.4 Å². The Kier molecular flexibility index (Phi) is 9.90. The van der Waals surface area contributed by atoms with Crippen LogP contribution in [0.15, 0.2) is 95.8 Å². The predicted molar refractivity (Wildman–Crippen MR) is 166 cm³/mol. The van der Waals surface area contributed by atoms with Crippen molar-refractivity contribution in [2.24, 2.45) is 0 Å². The van der Waals surface area contributed by atoms with Crippen molar-refractivity contribution in [3.05, 3.63) is 125 Å². The summed E-state index contributed by atoms with van der Waals surface area (Å²) in [5.74, 6) is 0.242. The maximum atomic E-state index is 12.5. The van der Waals surface area contributed by atoms with E-state index >= 15 is 0 Å². The second-order valence-corrected chi connectivity index (χ2v) is 10.1. The third-order valence-electron chi connectivity index (χ3n) is 6.94. The van der Waals surface area contributed by atoms with Gasteiger partial charge < -0.3 is 24.9 Å². The fourth-order valence-electron chi connectivity index (χ4n) is 4.55. The van der Waals surface area contributed by atoms with Gasteiger partial charge in [-0.15, -0.1) is 0 Å². The number of carboxylic acid groups (broad SMARTS) is 1. The van der Waals surface area contributed by atoms with Crippen LogP contribution in [0, 0.1) is 6.92 Å². The van der Waals surface area contributed by atoms with Gasteiger partial charge in [-0.25, -0.2) is 4.98 Å². The number of anilines is 1. The van der Waals surface area contributed by atoms with Crippen molar-refractivity contribution in [2.45, 2.75) is 32.7 Å². The molecule has 3 N–H and O–H groups in total. The van der Waals surface area contributed by atoms with E-state index in [4.69, 9.17) is 14.3 Å². The molecule has 11 heteroatoms. The first-order chi connectivity index (χ1) is 21.9. The van der Waals surface area contributed by atoms with Gasteiger partial charge in [0.25, 0.3) is 11.8 Å². The minimum atomic E-state index is -0.898. The van der Waals surface area contributed by atoms with Crippen LogP contribution in [-0.2, 0) is 24.2 Å². The van der Waals surface area contributed by atoms with Gasteiger partial charge in [-0.1, -0.05) is 12.1 Å². The molecule has 0 saturated carbocycles. The van der Waals surface area contributed by atoms with Crippen molar-refractivity contribution < 1.29 is 28.6 Å². The van der Waals surface area contributed by atoms with Crippen LogP contribution in [0.5, 0.6) is 5.75 Å². The number of aliphatic carboxylic acids is 1. The van der Waals surface area contributed by atoms with Crippen molar-refractivity contribution in [1.82, 2.24) is 20.3 Å². The van der Waals surface area contributed by atoms with Gasteiger partial charge >= 0.3 is 5.97 Å². The Bertz CT molecular complexity index is 1770. The molecule has 3 aromatic heterocycles. The van der Waals surface area contributed by atoms with Crippen LogP contribution in [0.4, 0.5) is 5.69 Å². The summed E-state index contributed by atoms with van der Waals surface area (Å²) >= 11 is 0. The first-order valence-electron chi connectivity index (χ1n) is 14.3. The maximum Gasteiger partial charge on any atom is 0.303 e. The minimum absolute atomic E-state index is 0.0298. The highest BCUT2D eigenvalue weighted by atomic mass is 16.5. The summed E-state index contributed by atoms with van der Waals surface area (Å²) in [6.45, 7) is 2.35. The Balaban J connectivity index is 1.19. The van der Waals surface area contributed by atoms with Crippen LogP contribution in [-0.4, -0.2) is 44.4 Å². The molecule has 0 aliphatic heterocycles. The van der Waals surface area contributed by atoms with Crippen molar-refractivity contribution >= 4 is 23.5 Å². The number of oxazole rings is 1. The first-order valence-corrected chi connectivity index (χ1v) is 14.3. The summed E-state index contributed by atoms with van der Waals surface area (Å²) in [6, 6.07) is 21.1. The first kappa shape index (κ1) is 30.6. The Labute approximate surface area is 259 Å². The van der Waals surface area contributed by atoms with E-state index in [0.717, 1.165) is 22.4 Å². The van der Waals surface area contributed by atoms with Crippen LogP contribution in [0.25, 0.3) is 11.5 Å². The van der Waals surface area contributed by atoms with Crippen molar-refractivity contribution in [3.63, 3.8) is 0 Å². The number of carbonyl (C=O) groups is 3. The molecule has 2 aromatic carbocycles. The van der Waals surface area contributed by atoms with E-state index in [2.05, 4.69) is 25.6 Å². The lowest BCUT2D eigenvalue weighted by Crippen LogP contribution is -2.24. The lowest BCUT2D eigenvalue weighted by atomic mass is 10.0. The smallest absolute Gasteiger partial charge is 0.303 e. The summed E-state index contributed by atoms with van der Waals surface area (Å²) < 4.78 is 11.9. The Morgan fingerprint density at radius 2 is 1.76 bits per heavy atom. The van der Waals surface area contributed by atoms with Crippen LogP contribution in [0.2, 0.25) is 0 Å². The molecule has 0 bridgehead atoms. The van der Waals surface area contributed by atoms with E-state index in [0.29, 0.717) is 53.8 Å². The van der Waals surface area contributed by atoms with E-state index in [1.807, 2.05) is 31.2 Å². The number of nitrogens with one attached hydrogen (secondary N) is 2. The van der Waals surface area contributed by atoms with Gasteiger partial charge in [0.05, 0.1) is 17.9 Å². The highest BCUT2D eigenvalue weighted by molar-refractivity contribution is 6.04. The molecule has 3 heterocycles. The van der Waals surface area contributed by atoms with Crippen LogP contribution in [0.3, 0.4) is 0 Å². The van der Waals surface area contributed by atoms with Crippen LogP contribution < -0.4 is 15.4 Å². The molecule has 0 spiro atoms. The summed E-state index contributed by atoms with van der Waals surface area (Å²) in [4.78, 5) is 48.8. The third kappa shape index (κ3) is 8.38. The van der Waals surface area contributed by atoms with Crippen molar-refractivity contribution in [1.29, 1.82) is 0 Å². The van der Waals surface area contributed by atoms with E-state index < -0.39 is 5.97 Å². The molecule has 0 radical (unpaired) electrons. The van der Waals surface area contributed by atoms with Crippen LogP contribution in [0.1, 0.15) is 49.8 Å². The lowest BCUT2D eigenvalue weighted by molar-refractivity contribution is -0.136. The molecular weight excluding hydrogens is 574 g/mol. The third-order valence-corrected chi connectivity index (χ3v) is 6.94. The van der Waals surface area contributed by atoms with E-state index in [1.54, 1.807) is 60.9 Å². The SMILES string of the molecule is Cc1oc(-c2ccc(NC(=O)c3cccnc3)cc2)nc1CCOc1ccc(CCC(=O)O)c(CNC(=O)c2ccccn2)c1. The number of hydrogen-bond acceptors (Lipinski definition) is 8. The zero-order valence-corrected chi connectivity index (χ0v) is 24.5. The molecule has 45 heavy (non-hydrogen) atoms. The Morgan fingerprint density at radius 3 is 2.49 bits per heavy atom. The molecule has 0 aliphatic rings. The van der Waals surface area contributed by atoms with Gasteiger partial charge in [-0.2, -0.15) is 0 Å². The van der Waals surface area contributed by atoms with Crippen molar-refractivity contribution in [2.75, 3.05) is 11.9 Å². The number of ether oxygens (including phenoxy) is 1. The number of carbonyl (C=O) groups excluding carboxylic acids is 2. The quantitative estimate of drug-likeness (QED) is 0.163. The topological polar surface area (TPSA) is 157 Å². The van der Waals surface area contributed by atoms with E-state index in [-0.39, 0.29) is 24.8 Å². The molecule has 11 nitrogen and oxygen atoms in total. The molecule has 0 unspecified atom stereocenters. The molecule has 0 fully saturated rings. The number of carboxylic acids is 1. The van der Waals surface area contributed by atoms with E-state index in [1.165, 1.54) is 6.20 Å². The number of hydrogen-bond donors (Lipinski definition) is 3. The average molecular weight is 606 g/mol. The molecule has 5 rings (SSSR count). The number of aryl methyl sites for hydroxylation is 2. The summed E-state index contributed by atoms with van der Waals surface area (Å²) in [5, 5.41) is 14.8. The molecule has 5 aromatic rings. The number of amides is 2. The van der Waals surface area contributed by atoms with Gasteiger partial charge in [0, 0.05) is 49.2 Å². The molecular formula is C34H31N5O6. The molecule has 228 valence electrons. The predicted octanol–water partition coefficient (Wildman–Crippen LogP) is 5.26. The lowest BCUT2D eigenvalue weighted by Gasteiger charge is -2.13. The molecule has 2 amide bonds. The monoisotopic (exact) mass is 605 g/mol. The highest BCUT2D eigenvalue weighted by Crippen LogP contribution is 2.25. The maximum absolute atomic E-state index is 12.5. The fourth-order valence-corrected chi connectivity index (χ4v) is 4.55. The number of pyridine rings is 2. The standard InChI is InChI=1S/C34H31N5O6/c1-22-29(39-34(45-22)24-7-11-27(12-8-24)38-32(42)25-5-4-16-35-20-25)15-18-44-28-13-9-23(10-14-31(40)41)26(19-28)21-37-33(43)30-6-2-3-17-36-30/h2-9,11-13,16-17,19-20H,10,14-15,18,21H2,1H3,(H,37,43)(H,38,42)(H,40,41). The van der Waals surface area contributed by atoms with Crippen molar-refractivity contribution in [3.8, 4) is 17.2 Å². The fraction of sp³-hybridized carbons (Fsp3) is 0.176. The Hall–Kier alpha value is -5.84. The summed E-state index contributed by atoms with van der Waals surface area (Å²) in [6.07, 6.45) is 5.44. The number of nitrogens with zero attached hydrogens (tertiary/aromatic N) is 3. The van der Waals surface area contributed by atoms with Gasteiger partial charge in [0.1, 0.15) is 17.2 Å². The second-order valence-electron chi connectivity index (χ2n) is 10.1. The number of aromatic nitrogens is 3. The van der Waals surface area contributed by atoms with Gasteiger partial charge in [-0.05, 0) is 85.1 Å². The van der Waals surface area contributed by atoms with Crippen LogP contribution >= 0.6 is 0 Å². The number of rotatable bonds is 13. The van der Waals surface area contributed by atoms with E-state index in [9.17, 15) is 14.4 Å². The highest BCUT2D eigenvalue weighted by Gasteiger charge is 2.14. The summed E-state index contributed by atoms with van der Waals surface area (Å²) in [5.41, 5.74) is 4.48. The Morgan fingerprint density at radius 1 is 0.911 bits per heavy atom. The molecule has 0 aliphatic carbocycles. The summed E-state index contributed by atoms with van der Waals surface area (Å²) in [7, 11) is 0. The molecule has 0 atom stereocenters. The average Bonchev–Trinajstić information content (AvgIpc) is 3.44. The largest absolute Gasteiger partial charge is 0.493 e. The second kappa shape index (κ2) is 14.6. The molecule has 0 saturated heterocycles. The minimum Gasteiger partial charge on any atom is -0.493 e. The van der Waals surface area contributed by atoms with Gasteiger partial charge in [0.15, 0.2) is 0 Å². The zero-order chi connectivity index (χ0) is 31.6. The van der Waals surface area contributed by atoms with Gasteiger partial charge in [0.2, 0.25) is 5.89 Å². The normalized spacial score (nSPS) is 10.7. The number of benzene rings is 2.